The number of aromatic hydroxyl groups is 1. The van der Waals surface area contributed by atoms with E-state index in [1.807, 2.05) is 6.07 Å². The van der Waals surface area contributed by atoms with Crippen molar-refractivity contribution in [3.63, 3.8) is 0 Å². The summed E-state index contributed by atoms with van der Waals surface area (Å²) < 4.78 is 1.32. The van der Waals surface area contributed by atoms with E-state index in [9.17, 15) is 5.11 Å². The predicted octanol–water partition coefficient (Wildman–Crippen LogP) is 1.71. The number of fused-ring (bicyclic) bond motifs is 1. The summed E-state index contributed by atoms with van der Waals surface area (Å²) >= 11 is 0.412. The minimum atomic E-state index is 0.412. The maximum absolute atomic E-state index is 9.82. The summed E-state index contributed by atoms with van der Waals surface area (Å²) in [6.45, 7) is 1.04. The van der Waals surface area contributed by atoms with Crippen molar-refractivity contribution < 1.29 is 5.11 Å². The Kier molecular flexibility index (Phi) is 3.15. The van der Waals surface area contributed by atoms with Crippen molar-refractivity contribution in [3.05, 3.63) is 28.7 Å². The van der Waals surface area contributed by atoms with Gasteiger partial charge in [0.1, 0.15) is 0 Å². The molecule has 0 unspecified atom stereocenters. The quantitative estimate of drug-likeness (QED) is 0.857. The molecule has 0 aliphatic carbocycles. The molecule has 0 spiro atoms. The molecule has 1 aromatic heterocycles. The van der Waals surface area contributed by atoms with Gasteiger partial charge in [0.05, 0.1) is 0 Å². The summed E-state index contributed by atoms with van der Waals surface area (Å²) in [7, 11) is 4.15. The molecular formula is C12H15NOSe. The molecule has 80 valence electrons. The van der Waals surface area contributed by atoms with E-state index in [0.29, 0.717) is 20.3 Å². The fraction of sp³-hybridized carbons (Fsp3) is 0.333. The summed E-state index contributed by atoms with van der Waals surface area (Å²) in [5.74, 6) is 0.442. The van der Waals surface area contributed by atoms with Crippen molar-refractivity contribution in [2.75, 3.05) is 20.6 Å². The van der Waals surface area contributed by atoms with Gasteiger partial charge in [0.15, 0.2) is 0 Å². The first-order valence-electron chi connectivity index (χ1n) is 5.01. The van der Waals surface area contributed by atoms with E-state index in [1.54, 1.807) is 6.07 Å². The van der Waals surface area contributed by atoms with E-state index in [-0.39, 0.29) is 0 Å². The molecule has 2 aromatic rings. The van der Waals surface area contributed by atoms with Gasteiger partial charge in [-0.2, -0.15) is 0 Å². The Hall–Kier alpha value is -0.761. The monoisotopic (exact) mass is 269 g/mol. The van der Waals surface area contributed by atoms with Gasteiger partial charge in [0.25, 0.3) is 0 Å². The number of likely N-dealkylation sites (N-methyl/N-ethyl adjacent to an activating group) is 1. The number of rotatable bonds is 3. The number of nitrogens with zero attached hydrogens (tertiary/aromatic N) is 1. The summed E-state index contributed by atoms with van der Waals surface area (Å²) in [6, 6.07) is 5.83. The van der Waals surface area contributed by atoms with Gasteiger partial charge in [0, 0.05) is 0 Å². The van der Waals surface area contributed by atoms with E-state index in [1.165, 1.54) is 9.82 Å². The summed E-state index contributed by atoms with van der Waals surface area (Å²) in [6.07, 6.45) is 1.03. The molecule has 0 bridgehead atoms. The molecule has 0 aliphatic rings. The molecule has 0 fully saturated rings. The zero-order chi connectivity index (χ0) is 10.8. The van der Waals surface area contributed by atoms with Crippen molar-refractivity contribution in [1.82, 2.24) is 4.90 Å². The molecule has 1 aromatic carbocycles. The Morgan fingerprint density at radius 3 is 2.87 bits per heavy atom. The molecule has 2 rings (SSSR count). The number of hydrogen-bond donors (Lipinski definition) is 1. The third-order valence-electron chi connectivity index (χ3n) is 2.48. The predicted molar refractivity (Wildman–Crippen MR) is 64.8 cm³/mol. The SMILES string of the molecule is CN(C)CCc1c[se]c2cccc(O)c12. The molecule has 0 radical (unpaired) electrons. The Morgan fingerprint density at radius 2 is 2.13 bits per heavy atom. The number of benzene rings is 1. The second-order valence-corrected chi connectivity index (χ2v) is 5.88. The van der Waals surface area contributed by atoms with Crippen molar-refractivity contribution in [2.24, 2.45) is 0 Å². The summed E-state index contributed by atoms with van der Waals surface area (Å²) in [4.78, 5) is 4.46. The number of hydrogen-bond acceptors (Lipinski definition) is 2. The Labute approximate surface area is 95.9 Å². The fourth-order valence-corrected chi connectivity index (χ4v) is 3.79. The fourth-order valence-electron chi connectivity index (χ4n) is 1.66. The molecule has 0 aliphatic heterocycles. The standard InChI is InChI=1S/C12H15NOSe/c1-13(2)7-6-9-8-15-11-5-3-4-10(14)12(9)11/h3-5,8,14H,6-7H2,1-2H3. The molecule has 1 N–H and O–H groups in total. The van der Waals surface area contributed by atoms with Crippen molar-refractivity contribution in [1.29, 1.82) is 0 Å². The van der Waals surface area contributed by atoms with Gasteiger partial charge in [-0.05, 0) is 0 Å². The average Bonchev–Trinajstić information content (AvgIpc) is 2.59. The second kappa shape index (κ2) is 4.40. The van der Waals surface area contributed by atoms with Crippen molar-refractivity contribution in [3.8, 4) is 5.75 Å². The van der Waals surface area contributed by atoms with Gasteiger partial charge in [-0.25, -0.2) is 0 Å². The molecule has 0 atom stereocenters. The topological polar surface area (TPSA) is 23.5 Å². The third-order valence-corrected chi connectivity index (χ3v) is 4.57. The zero-order valence-electron chi connectivity index (χ0n) is 9.03. The maximum atomic E-state index is 9.82. The van der Waals surface area contributed by atoms with E-state index >= 15 is 0 Å². The van der Waals surface area contributed by atoms with Gasteiger partial charge >= 0.3 is 95.7 Å². The van der Waals surface area contributed by atoms with Crippen molar-refractivity contribution >= 4 is 24.1 Å². The van der Waals surface area contributed by atoms with Gasteiger partial charge < -0.3 is 0 Å². The van der Waals surface area contributed by atoms with Crippen LogP contribution in [0, 0.1) is 0 Å². The van der Waals surface area contributed by atoms with Gasteiger partial charge in [-0.15, -0.1) is 0 Å². The molecule has 1 heterocycles. The normalized spacial score (nSPS) is 11.4. The van der Waals surface area contributed by atoms with Crippen LogP contribution in [0.15, 0.2) is 23.1 Å². The molecule has 15 heavy (non-hydrogen) atoms. The van der Waals surface area contributed by atoms with Gasteiger partial charge in [-0.1, -0.05) is 0 Å². The Balaban J connectivity index is 2.35. The number of phenols is 1. The zero-order valence-corrected chi connectivity index (χ0v) is 10.7. The van der Waals surface area contributed by atoms with Crippen molar-refractivity contribution in [2.45, 2.75) is 6.42 Å². The first-order valence-corrected chi connectivity index (χ1v) is 6.86. The van der Waals surface area contributed by atoms with E-state index in [4.69, 9.17) is 0 Å². The van der Waals surface area contributed by atoms with E-state index in [0.717, 1.165) is 18.4 Å². The van der Waals surface area contributed by atoms with Crippen LogP contribution < -0.4 is 0 Å². The van der Waals surface area contributed by atoms with Crippen LogP contribution >= 0.6 is 0 Å². The first kappa shape index (κ1) is 10.7. The van der Waals surface area contributed by atoms with Crippen LogP contribution in [0.2, 0.25) is 0 Å². The molecular weight excluding hydrogens is 253 g/mol. The Bertz CT molecular complexity index is 462. The van der Waals surface area contributed by atoms with Crippen LogP contribution in [-0.2, 0) is 6.42 Å². The molecule has 2 nitrogen and oxygen atoms in total. The van der Waals surface area contributed by atoms with Gasteiger partial charge in [-0.3, -0.25) is 0 Å². The van der Waals surface area contributed by atoms with Crippen LogP contribution in [0.1, 0.15) is 5.56 Å². The molecule has 0 amide bonds. The van der Waals surface area contributed by atoms with Gasteiger partial charge in [0.2, 0.25) is 0 Å². The molecule has 0 saturated carbocycles. The second-order valence-electron chi connectivity index (χ2n) is 3.96. The van der Waals surface area contributed by atoms with Crippen LogP contribution in [0.3, 0.4) is 0 Å². The average molecular weight is 268 g/mol. The van der Waals surface area contributed by atoms with Crippen LogP contribution in [0.5, 0.6) is 5.75 Å². The van der Waals surface area contributed by atoms with E-state index in [2.05, 4.69) is 30.0 Å². The van der Waals surface area contributed by atoms with Crippen LogP contribution in [-0.4, -0.2) is 45.2 Å². The van der Waals surface area contributed by atoms with Crippen LogP contribution in [0.25, 0.3) is 9.65 Å². The first-order chi connectivity index (χ1) is 7.18. The Morgan fingerprint density at radius 1 is 1.33 bits per heavy atom. The van der Waals surface area contributed by atoms with E-state index < -0.39 is 0 Å². The summed E-state index contributed by atoms with van der Waals surface area (Å²) in [5.41, 5.74) is 1.32. The summed E-state index contributed by atoms with van der Waals surface area (Å²) in [5, 5.41) is 10.9. The molecule has 0 saturated heterocycles. The minimum absolute atomic E-state index is 0.412. The van der Waals surface area contributed by atoms with Crippen LogP contribution in [0.4, 0.5) is 0 Å². The molecule has 3 heteroatoms. The number of phenolic OH excluding ortho intramolecular Hbond substituents is 1. The third kappa shape index (κ3) is 2.25.